The van der Waals surface area contributed by atoms with Crippen LogP contribution in [-0.4, -0.2) is 24.8 Å². The molecule has 1 N–H and O–H groups in total. The van der Waals surface area contributed by atoms with Crippen LogP contribution in [-0.2, 0) is 4.79 Å². The summed E-state index contributed by atoms with van der Waals surface area (Å²) >= 11 is 0. The second-order valence-electron chi connectivity index (χ2n) is 4.95. The number of rotatable bonds is 8. The number of para-hydroxylation sites is 2. The van der Waals surface area contributed by atoms with Gasteiger partial charge in [0.25, 0.3) is 0 Å². The Bertz CT molecular complexity index is 401. The van der Waals surface area contributed by atoms with Crippen molar-refractivity contribution < 1.29 is 19.4 Å². The van der Waals surface area contributed by atoms with Gasteiger partial charge in [0, 0.05) is 0 Å². The lowest BCUT2D eigenvalue weighted by molar-refractivity contribution is -0.142. The first-order valence-electron chi connectivity index (χ1n) is 6.53. The predicted octanol–water partition coefficient (Wildman–Crippen LogP) is 3.21. The molecule has 0 aliphatic rings. The molecule has 0 spiro atoms. The fourth-order valence-corrected chi connectivity index (χ4v) is 1.96. The summed E-state index contributed by atoms with van der Waals surface area (Å²) in [5, 5.41) is 9.14. The Balaban J connectivity index is 2.49. The minimum absolute atomic E-state index is 0.352. The molecule has 1 atom stereocenters. The van der Waals surface area contributed by atoms with E-state index < -0.39 is 5.97 Å². The van der Waals surface area contributed by atoms with Crippen LogP contribution in [0.15, 0.2) is 24.3 Å². The van der Waals surface area contributed by atoms with Gasteiger partial charge in [-0.2, -0.15) is 0 Å². The minimum Gasteiger partial charge on any atom is -0.493 e. The van der Waals surface area contributed by atoms with E-state index in [-0.39, 0.29) is 5.92 Å². The second kappa shape index (κ2) is 7.67. The zero-order chi connectivity index (χ0) is 14.3. The van der Waals surface area contributed by atoms with E-state index in [1.807, 2.05) is 38.1 Å². The Hall–Kier alpha value is -1.71. The van der Waals surface area contributed by atoms with Gasteiger partial charge < -0.3 is 14.6 Å². The normalized spacial score (nSPS) is 12.2. The van der Waals surface area contributed by atoms with Crippen molar-refractivity contribution in [2.75, 3.05) is 13.7 Å². The molecule has 19 heavy (non-hydrogen) atoms. The summed E-state index contributed by atoms with van der Waals surface area (Å²) in [6.07, 6.45) is 1.18. The van der Waals surface area contributed by atoms with E-state index >= 15 is 0 Å². The van der Waals surface area contributed by atoms with Crippen molar-refractivity contribution >= 4 is 5.97 Å². The van der Waals surface area contributed by atoms with Crippen LogP contribution in [0.5, 0.6) is 11.5 Å². The molecule has 0 aliphatic carbocycles. The lowest BCUT2D eigenvalue weighted by Crippen LogP contribution is -2.19. The maximum absolute atomic E-state index is 11.1. The van der Waals surface area contributed by atoms with Gasteiger partial charge in [0.1, 0.15) is 0 Å². The van der Waals surface area contributed by atoms with Crippen LogP contribution < -0.4 is 9.47 Å². The first kappa shape index (κ1) is 15.3. The largest absolute Gasteiger partial charge is 0.493 e. The number of methoxy groups -OCH3 is 1. The molecular weight excluding hydrogens is 244 g/mol. The number of aliphatic carboxylic acids is 1. The van der Waals surface area contributed by atoms with Gasteiger partial charge in [-0.15, -0.1) is 0 Å². The van der Waals surface area contributed by atoms with Crippen molar-refractivity contribution in [2.45, 2.75) is 26.7 Å². The zero-order valence-electron chi connectivity index (χ0n) is 11.8. The molecule has 0 bridgehead atoms. The SMILES string of the molecule is COc1ccccc1OCCC(CC(C)C)C(=O)O. The number of hydrogen-bond acceptors (Lipinski definition) is 3. The first-order valence-corrected chi connectivity index (χ1v) is 6.53. The van der Waals surface area contributed by atoms with E-state index in [2.05, 4.69) is 0 Å². The van der Waals surface area contributed by atoms with Crippen molar-refractivity contribution in [1.82, 2.24) is 0 Å². The van der Waals surface area contributed by atoms with Gasteiger partial charge in [-0.1, -0.05) is 26.0 Å². The molecule has 0 amide bonds. The molecule has 0 fully saturated rings. The number of carboxylic acids is 1. The van der Waals surface area contributed by atoms with Crippen molar-refractivity contribution in [1.29, 1.82) is 0 Å². The molecular formula is C15H22O4. The maximum atomic E-state index is 11.1. The molecule has 0 saturated heterocycles. The summed E-state index contributed by atoms with van der Waals surface area (Å²) in [7, 11) is 1.58. The molecule has 0 aliphatic heterocycles. The van der Waals surface area contributed by atoms with Crippen LogP contribution in [0.3, 0.4) is 0 Å². The average molecular weight is 266 g/mol. The molecule has 1 aromatic rings. The van der Waals surface area contributed by atoms with Gasteiger partial charge in [-0.25, -0.2) is 0 Å². The van der Waals surface area contributed by atoms with E-state index in [9.17, 15) is 4.79 Å². The summed E-state index contributed by atoms with van der Waals surface area (Å²) in [4.78, 5) is 11.1. The third-order valence-electron chi connectivity index (χ3n) is 2.90. The van der Waals surface area contributed by atoms with Gasteiger partial charge in [0.2, 0.25) is 0 Å². The van der Waals surface area contributed by atoms with Gasteiger partial charge in [0.05, 0.1) is 19.6 Å². The highest BCUT2D eigenvalue weighted by Gasteiger charge is 2.19. The van der Waals surface area contributed by atoms with E-state index in [0.717, 1.165) is 0 Å². The Labute approximate surface area is 114 Å². The summed E-state index contributed by atoms with van der Waals surface area (Å²) in [5.41, 5.74) is 0. The minimum atomic E-state index is -0.752. The summed E-state index contributed by atoms with van der Waals surface area (Å²) < 4.78 is 10.8. The smallest absolute Gasteiger partial charge is 0.306 e. The van der Waals surface area contributed by atoms with Gasteiger partial charge in [-0.3, -0.25) is 4.79 Å². The predicted molar refractivity (Wildman–Crippen MR) is 73.7 cm³/mol. The highest BCUT2D eigenvalue weighted by atomic mass is 16.5. The summed E-state index contributed by atoms with van der Waals surface area (Å²) in [6.45, 7) is 4.43. The number of carboxylic acid groups (broad SMARTS) is 1. The van der Waals surface area contributed by atoms with E-state index in [0.29, 0.717) is 36.9 Å². The van der Waals surface area contributed by atoms with Crippen molar-refractivity contribution in [3.63, 3.8) is 0 Å². The van der Waals surface area contributed by atoms with Crippen LogP contribution in [0.1, 0.15) is 26.7 Å². The number of carbonyl (C=O) groups is 1. The molecule has 0 saturated carbocycles. The van der Waals surface area contributed by atoms with E-state index in [4.69, 9.17) is 14.6 Å². The molecule has 1 unspecified atom stereocenters. The van der Waals surface area contributed by atoms with Crippen molar-refractivity contribution in [3.8, 4) is 11.5 Å². The summed E-state index contributed by atoms with van der Waals surface area (Å²) in [5.74, 6) is 0.580. The molecule has 0 heterocycles. The molecule has 4 nitrogen and oxygen atoms in total. The van der Waals surface area contributed by atoms with Crippen molar-refractivity contribution in [3.05, 3.63) is 24.3 Å². The average Bonchev–Trinajstić information content (AvgIpc) is 2.37. The van der Waals surface area contributed by atoms with E-state index in [1.165, 1.54) is 0 Å². The second-order valence-corrected chi connectivity index (χ2v) is 4.95. The Morgan fingerprint density at radius 2 is 1.89 bits per heavy atom. The van der Waals surface area contributed by atoms with Gasteiger partial charge in [0.15, 0.2) is 11.5 Å². The molecule has 106 valence electrons. The lowest BCUT2D eigenvalue weighted by Gasteiger charge is -2.15. The highest BCUT2D eigenvalue weighted by Crippen LogP contribution is 2.26. The van der Waals surface area contributed by atoms with Crippen LogP contribution in [0, 0.1) is 11.8 Å². The lowest BCUT2D eigenvalue weighted by atomic mass is 9.95. The maximum Gasteiger partial charge on any atom is 0.306 e. The number of ether oxygens (including phenoxy) is 2. The third kappa shape index (κ3) is 5.20. The number of hydrogen-bond donors (Lipinski definition) is 1. The monoisotopic (exact) mass is 266 g/mol. The van der Waals surface area contributed by atoms with E-state index in [1.54, 1.807) is 7.11 Å². The molecule has 0 radical (unpaired) electrons. The highest BCUT2D eigenvalue weighted by molar-refractivity contribution is 5.69. The molecule has 4 heteroatoms. The third-order valence-corrected chi connectivity index (χ3v) is 2.90. The van der Waals surface area contributed by atoms with Crippen molar-refractivity contribution in [2.24, 2.45) is 11.8 Å². The van der Waals surface area contributed by atoms with Crippen LogP contribution in [0.2, 0.25) is 0 Å². The van der Waals surface area contributed by atoms with Crippen LogP contribution in [0.4, 0.5) is 0 Å². The topological polar surface area (TPSA) is 55.8 Å². The first-order chi connectivity index (χ1) is 9.04. The van der Waals surface area contributed by atoms with Gasteiger partial charge >= 0.3 is 5.97 Å². The Morgan fingerprint density at radius 1 is 1.26 bits per heavy atom. The standard InChI is InChI=1S/C15H22O4/c1-11(2)10-12(15(16)17)8-9-19-14-7-5-4-6-13(14)18-3/h4-7,11-12H,8-10H2,1-3H3,(H,16,17). The van der Waals surface area contributed by atoms with Crippen LogP contribution >= 0.6 is 0 Å². The summed E-state index contributed by atoms with van der Waals surface area (Å²) in [6, 6.07) is 7.36. The Kier molecular flexibility index (Phi) is 6.19. The molecule has 1 aromatic carbocycles. The quantitative estimate of drug-likeness (QED) is 0.785. The number of benzene rings is 1. The van der Waals surface area contributed by atoms with Crippen LogP contribution in [0.25, 0.3) is 0 Å². The molecule has 0 aromatic heterocycles. The molecule has 1 rings (SSSR count). The zero-order valence-corrected chi connectivity index (χ0v) is 11.8. The fourth-order valence-electron chi connectivity index (χ4n) is 1.96. The van der Waals surface area contributed by atoms with Gasteiger partial charge in [-0.05, 0) is 30.9 Å². The fraction of sp³-hybridized carbons (Fsp3) is 0.533. The Morgan fingerprint density at radius 3 is 2.42 bits per heavy atom.